The Hall–Kier alpha value is -2.07. The molecule has 0 bridgehead atoms. The van der Waals surface area contributed by atoms with E-state index in [1.165, 1.54) is 5.56 Å². The third-order valence-corrected chi connectivity index (χ3v) is 4.44. The summed E-state index contributed by atoms with van der Waals surface area (Å²) in [5.74, 6) is 0.159. The highest BCUT2D eigenvalue weighted by molar-refractivity contribution is 5.94. The standard InChI is InChI=1S/C19H24N2O2/c1-23-15-18-10-6-12-21(18)19(22)17-9-5-11-20(14-17)13-16-7-3-2-4-8-16/h2-5,7-8,11,14,18H,6,9-10,12-13,15H2,1H3/t18-/m0/s1. The molecule has 4 heteroatoms. The number of likely N-dealkylation sites (tertiary alicyclic amines) is 1. The maximum Gasteiger partial charge on any atom is 0.251 e. The number of benzene rings is 1. The molecule has 23 heavy (non-hydrogen) atoms. The average molecular weight is 312 g/mol. The number of amides is 1. The monoisotopic (exact) mass is 312 g/mol. The van der Waals surface area contributed by atoms with Crippen molar-refractivity contribution >= 4 is 5.91 Å². The van der Waals surface area contributed by atoms with Gasteiger partial charge in [-0.1, -0.05) is 36.4 Å². The summed E-state index contributed by atoms with van der Waals surface area (Å²) in [6.07, 6.45) is 8.93. The smallest absolute Gasteiger partial charge is 0.251 e. The SMILES string of the molecule is COC[C@@H]1CCCN1C(=O)C1=CN(Cc2ccccc2)C=CC1. The van der Waals surface area contributed by atoms with Crippen LogP contribution in [0.15, 0.2) is 54.4 Å². The van der Waals surface area contributed by atoms with Gasteiger partial charge in [-0.15, -0.1) is 0 Å². The largest absolute Gasteiger partial charge is 0.383 e. The highest BCUT2D eigenvalue weighted by atomic mass is 16.5. The van der Waals surface area contributed by atoms with E-state index in [0.717, 1.165) is 31.5 Å². The first-order chi connectivity index (χ1) is 11.3. The van der Waals surface area contributed by atoms with Crippen LogP contribution in [0.25, 0.3) is 0 Å². The van der Waals surface area contributed by atoms with Crippen molar-refractivity contribution < 1.29 is 9.53 Å². The van der Waals surface area contributed by atoms with Crippen molar-refractivity contribution in [3.63, 3.8) is 0 Å². The van der Waals surface area contributed by atoms with E-state index in [0.29, 0.717) is 13.0 Å². The zero-order valence-corrected chi connectivity index (χ0v) is 13.6. The second kappa shape index (κ2) is 7.47. The van der Waals surface area contributed by atoms with Crippen molar-refractivity contribution in [2.45, 2.75) is 31.8 Å². The maximum atomic E-state index is 12.8. The molecule has 0 N–H and O–H groups in total. The second-order valence-electron chi connectivity index (χ2n) is 6.15. The molecule has 3 rings (SSSR count). The first-order valence-corrected chi connectivity index (χ1v) is 8.25. The summed E-state index contributed by atoms with van der Waals surface area (Å²) >= 11 is 0. The predicted molar refractivity (Wildman–Crippen MR) is 90.4 cm³/mol. The number of nitrogens with zero attached hydrogens (tertiary/aromatic N) is 2. The van der Waals surface area contributed by atoms with Crippen LogP contribution in [0.4, 0.5) is 0 Å². The zero-order chi connectivity index (χ0) is 16.1. The first-order valence-electron chi connectivity index (χ1n) is 8.25. The molecule has 2 heterocycles. The molecule has 2 aliphatic rings. The predicted octanol–water partition coefficient (Wildman–Crippen LogP) is 2.93. The van der Waals surface area contributed by atoms with Crippen LogP contribution in [0.1, 0.15) is 24.8 Å². The molecule has 0 saturated carbocycles. The fourth-order valence-electron chi connectivity index (χ4n) is 3.30. The number of methoxy groups -OCH3 is 1. The Bertz CT molecular complexity index is 595. The van der Waals surface area contributed by atoms with Gasteiger partial charge in [-0.05, 0) is 24.8 Å². The van der Waals surface area contributed by atoms with Gasteiger partial charge in [0.2, 0.25) is 0 Å². The number of hydrogen-bond acceptors (Lipinski definition) is 3. The summed E-state index contributed by atoms with van der Waals surface area (Å²) in [7, 11) is 1.70. The highest BCUT2D eigenvalue weighted by Gasteiger charge is 2.30. The van der Waals surface area contributed by atoms with Gasteiger partial charge in [0.25, 0.3) is 5.91 Å². The Morgan fingerprint density at radius 2 is 2.13 bits per heavy atom. The van der Waals surface area contributed by atoms with Gasteiger partial charge in [0, 0.05) is 38.2 Å². The Morgan fingerprint density at radius 3 is 2.91 bits per heavy atom. The van der Waals surface area contributed by atoms with Gasteiger partial charge in [0.05, 0.1) is 12.6 Å². The summed E-state index contributed by atoms with van der Waals surface area (Å²) in [4.78, 5) is 16.9. The molecule has 1 aromatic rings. The van der Waals surface area contributed by atoms with E-state index in [4.69, 9.17) is 4.74 Å². The van der Waals surface area contributed by atoms with Gasteiger partial charge < -0.3 is 14.5 Å². The minimum Gasteiger partial charge on any atom is -0.383 e. The summed E-state index contributed by atoms with van der Waals surface area (Å²) in [5, 5.41) is 0. The van der Waals surface area contributed by atoms with Gasteiger partial charge in [-0.25, -0.2) is 0 Å². The van der Waals surface area contributed by atoms with Crippen LogP contribution in [-0.4, -0.2) is 42.0 Å². The van der Waals surface area contributed by atoms with Crippen molar-refractivity contribution in [1.29, 1.82) is 0 Å². The van der Waals surface area contributed by atoms with Crippen molar-refractivity contribution in [2.75, 3.05) is 20.3 Å². The molecule has 122 valence electrons. The van der Waals surface area contributed by atoms with E-state index in [1.54, 1.807) is 7.11 Å². The normalized spacial score (nSPS) is 20.7. The topological polar surface area (TPSA) is 32.8 Å². The van der Waals surface area contributed by atoms with E-state index in [2.05, 4.69) is 29.3 Å². The summed E-state index contributed by atoms with van der Waals surface area (Å²) in [5.41, 5.74) is 2.10. The third-order valence-electron chi connectivity index (χ3n) is 4.44. The molecule has 0 spiro atoms. The Morgan fingerprint density at radius 1 is 1.30 bits per heavy atom. The number of hydrogen-bond donors (Lipinski definition) is 0. The van der Waals surface area contributed by atoms with Crippen LogP contribution < -0.4 is 0 Å². The Balaban J connectivity index is 1.68. The lowest BCUT2D eigenvalue weighted by atomic mass is 10.1. The number of allylic oxidation sites excluding steroid dienone is 1. The minimum absolute atomic E-state index is 0.159. The Kier molecular flexibility index (Phi) is 5.13. The van der Waals surface area contributed by atoms with Gasteiger partial charge in [0.15, 0.2) is 0 Å². The van der Waals surface area contributed by atoms with E-state index in [-0.39, 0.29) is 11.9 Å². The van der Waals surface area contributed by atoms with E-state index < -0.39 is 0 Å². The van der Waals surface area contributed by atoms with E-state index in [1.807, 2.05) is 29.3 Å². The molecule has 4 nitrogen and oxygen atoms in total. The van der Waals surface area contributed by atoms with Crippen LogP contribution in [0.3, 0.4) is 0 Å². The quantitative estimate of drug-likeness (QED) is 0.838. The number of ether oxygens (including phenoxy) is 1. The fraction of sp³-hybridized carbons (Fsp3) is 0.421. The molecule has 0 radical (unpaired) electrons. The lowest BCUT2D eigenvalue weighted by Crippen LogP contribution is -2.39. The molecule has 0 aromatic heterocycles. The van der Waals surface area contributed by atoms with Gasteiger partial charge in [0.1, 0.15) is 0 Å². The van der Waals surface area contributed by atoms with Crippen LogP contribution in [0.5, 0.6) is 0 Å². The molecular weight excluding hydrogens is 288 g/mol. The summed E-state index contributed by atoms with van der Waals surface area (Å²) in [6, 6.07) is 10.5. The molecule has 0 aliphatic carbocycles. The highest BCUT2D eigenvalue weighted by Crippen LogP contribution is 2.23. The molecular formula is C19H24N2O2. The second-order valence-corrected chi connectivity index (χ2v) is 6.15. The fourth-order valence-corrected chi connectivity index (χ4v) is 3.30. The third kappa shape index (κ3) is 3.82. The Labute approximate surface area is 138 Å². The average Bonchev–Trinajstić information content (AvgIpc) is 3.04. The number of carbonyl (C=O) groups is 1. The summed E-state index contributed by atoms with van der Waals surface area (Å²) < 4.78 is 5.26. The van der Waals surface area contributed by atoms with Gasteiger partial charge >= 0.3 is 0 Å². The van der Waals surface area contributed by atoms with E-state index in [9.17, 15) is 4.79 Å². The van der Waals surface area contributed by atoms with Crippen molar-refractivity contribution in [1.82, 2.24) is 9.80 Å². The molecule has 2 aliphatic heterocycles. The maximum absolute atomic E-state index is 12.8. The lowest BCUT2D eigenvalue weighted by molar-refractivity contribution is -0.129. The lowest BCUT2D eigenvalue weighted by Gasteiger charge is -2.27. The molecule has 1 atom stereocenters. The van der Waals surface area contributed by atoms with Crippen LogP contribution in [0.2, 0.25) is 0 Å². The van der Waals surface area contributed by atoms with Crippen molar-refractivity contribution in [2.24, 2.45) is 0 Å². The molecule has 1 aromatic carbocycles. The van der Waals surface area contributed by atoms with Crippen LogP contribution in [-0.2, 0) is 16.1 Å². The first kappa shape index (κ1) is 15.8. The molecule has 1 amide bonds. The molecule has 1 saturated heterocycles. The summed E-state index contributed by atoms with van der Waals surface area (Å²) in [6.45, 7) is 2.25. The van der Waals surface area contributed by atoms with Crippen molar-refractivity contribution in [3.05, 3.63) is 59.9 Å². The van der Waals surface area contributed by atoms with Gasteiger partial charge in [-0.2, -0.15) is 0 Å². The minimum atomic E-state index is 0.159. The molecule has 0 unspecified atom stereocenters. The van der Waals surface area contributed by atoms with E-state index >= 15 is 0 Å². The van der Waals surface area contributed by atoms with Crippen LogP contribution >= 0.6 is 0 Å². The van der Waals surface area contributed by atoms with Crippen molar-refractivity contribution in [3.8, 4) is 0 Å². The number of rotatable bonds is 5. The van der Waals surface area contributed by atoms with Crippen LogP contribution in [0, 0.1) is 0 Å². The zero-order valence-electron chi connectivity index (χ0n) is 13.6. The number of carbonyl (C=O) groups excluding carboxylic acids is 1. The van der Waals surface area contributed by atoms with Gasteiger partial charge in [-0.3, -0.25) is 4.79 Å². The molecule has 1 fully saturated rings.